The third kappa shape index (κ3) is 4.18. The highest BCUT2D eigenvalue weighted by atomic mass is 16.5. The van der Waals surface area contributed by atoms with Crippen LogP contribution in [0.4, 0.5) is 11.6 Å². The highest BCUT2D eigenvalue weighted by molar-refractivity contribution is 5.49. The van der Waals surface area contributed by atoms with Gasteiger partial charge in [0.2, 0.25) is 0 Å². The number of ether oxygens (including phenoxy) is 1. The van der Waals surface area contributed by atoms with Gasteiger partial charge in [0.1, 0.15) is 18.2 Å². The van der Waals surface area contributed by atoms with E-state index in [0.717, 1.165) is 18.2 Å². The lowest BCUT2D eigenvalue weighted by atomic mass is 10.4. The molecule has 1 aromatic heterocycles. The number of nitrogens with zero attached hydrogens (tertiary/aromatic N) is 4. The predicted molar refractivity (Wildman–Crippen MR) is 70.4 cm³/mol. The molecule has 0 aliphatic rings. The van der Waals surface area contributed by atoms with Gasteiger partial charge >= 0.3 is 0 Å². The molecule has 18 heavy (non-hydrogen) atoms. The van der Waals surface area contributed by atoms with Crippen molar-refractivity contribution >= 4 is 11.6 Å². The van der Waals surface area contributed by atoms with Crippen LogP contribution < -0.4 is 10.2 Å². The third-order valence-corrected chi connectivity index (χ3v) is 2.34. The molecule has 1 heterocycles. The molecule has 0 radical (unpaired) electrons. The van der Waals surface area contributed by atoms with Gasteiger partial charge in [-0.2, -0.15) is 5.26 Å². The first-order valence-electron chi connectivity index (χ1n) is 5.90. The fraction of sp³-hybridized carbons (Fsp3) is 0.583. The highest BCUT2D eigenvalue weighted by Crippen LogP contribution is 2.15. The minimum Gasteiger partial charge on any atom is -0.377 e. The van der Waals surface area contributed by atoms with Crippen molar-refractivity contribution in [1.29, 1.82) is 5.26 Å². The number of methoxy groups -OCH3 is 1. The molecule has 6 heteroatoms. The Morgan fingerprint density at radius 2 is 2.28 bits per heavy atom. The van der Waals surface area contributed by atoms with Gasteiger partial charge in [-0.1, -0.05) is 0 Å². The number of aromatic nitrogens is 2. The molecule has 1 aromatic rings. The predicted octanol–water partition coefficient (Wildman–Crippen LogP) is 1.40. The van der Waals surface area contributed by atoms with Crippen molar-refractivity contribution in [2.45, 2.75) is 20.0 Å². The van der Waals surface area contributed by atoms with Crippen molar-refractivity contribution in [1.82, 2.24) is 9.97 Å². The number of hydrogen-bond donors (Lipinski definition) is 1. The number of nitriles is 1. The summed E-state index contributed by atoms with van der Waals surface area (Å²) in [6.07, 6.45) is 0.469. The second-order valence-electron chi connectivity index (χ2n) is 3.82. The molecule has 0 aliphatic heterocycles. The molecule has 1 rings (SSSR count). The Bertz CT molecular complexity index is 391. The van der Waals surface area contributed by atoms with Crippen molar-refractivity contribution in [3.8, 4) is 6.07 Å². The van der Waals surface area contributed by atoms with E-state index >= 15 is 0 Å². The first kappa shape index (κ1) is 14.2. The van der Waals surface area contributed by atoms with Gasteiger partial charge in [-0.15, -0.1) is 0 Å². The van der Waals surface area contributed by atoms with E-state index in [2.05, 4.69) is 21.4 Å². The molecule has 98 valence electrons. The topological polar surface area (TPSA) is 74.1 Å². The molecular formula is C12H19N5O. The van der Waals surface area contributed by atoms with E-state index in [9.17, 15) is 0 Å². The van der Waals surface area contributed by atoms with Gasteiger partial charge in [-0.3, -0.25) is 0 Å². The van der Waals surface area contributed by atoms with Crippen molar-refractivity contribution < 1.29 is 4.74 Å². The van der Waals surface area contributed by atoms with E-state index in [1.807, 2.05) is 24.9 Å². The van der Waals surface area contributed by atoms with Crippen LogP contribution >= 0.6 is 0 Å². The molecule has 6 nitrogen and oxygen atoms in total. The van der Waals surface area contributed by atoms with Gasteiger partial charge < -0.3 is 15.0 Å². The summed E-state index contributed by atoms with van der Waals surface area (Å²) in [6, 6.07) is 4.00. The van der Waals surface area contributed by atoms with Gasteiger partial charge in [0.25, 0.3) is 0 Å². The summed E-state index contributed by atoms with van der Waals surface area (Å²) in [4.78, 5) is 10.7. The normalized spacial score (nSPS) is 9.89. The van der Waals surface area contributed by atoms with Crippen molar-refractivity contribution in [2.24, 2.45) is 0 Å². The highest BCUT2D eigenvalue weighted by Gasteiger charge is 2.08. The van der Waals surface area contributed by atoms with Gasteiger partial charge in [-0.25, -0.2) is 9.97 Å². The Morgan fingerprint density at radius 3 is 2.89 bits per heavy atom. The molecule has 0 bridgehead atoms. The second-order valence-corrected chi connectivity index (χ2v) is 3.82. The minimum atomic E-state index is 0.373. The van der Waals surface area contributed by atoms with Crippen LogP contribution in [0.5, 0.6) is 0 Å². The van der Waals surface area contributed by atoms with Crippen LogP contribution in [-0.2, 0) is 11.3 Å². The van der Waals surface area contributed by atoms with Gasteiger partial charge in [0, 0.05) is 33.3 Å². The van der Waals surface area contributed by atoms with E-state index in [0.29, 0.717) is 25.4 Å². The summed E-state index contributed by atoms with van der Waals surface area (Å²) in [5, 5.41) is 11.8. The van der Waals surface area contributed by atoms with Crippen LogP contribution in [0.15, 0.2) is 6.07 Å². The number of hydrogen-bond acceptors (Lipinski definition) is 6. The van der Waals surface area contributed by atoms with E-state index in [1.165, 1.54) is 0 Å². The Hall–Kier alpha value is -1.87. The number of anilines is 2. The summed E-state index contributed by atoms with van der Waals surface area (Å²) >= 11 is 0. The fourth-order valence-electron chi connectivity index (χ4n) is 1.48. The average molecular weight is 249 g/mol. The maximum absolute atomic E-state index is 8.60. The van der Waals surface area contributed by atoms with Crippen LogP contribution in [0, 0.1) is 11.3 Å². The first-order chi connectivity index (χ1) is 8.71. The smallest absolute Gasteiger partial charge is 0.158 e. The Kier molecular flexibility index (Phi) is 5.88. The monoisotopic (exact) mass is 249 g/mol. The van der Waals surface area contributed by atoms with E-state index in [-0.39, 0.29) is 0 Å². The van der Waals surface area contributed by atoms with Crippen molar-refractivity contribution in [3.63, 3.8) is 0 Å². The van der Waals surface area contributed by atoms with Crippen molar-refractivity contribution in [3.05, 3.63) is 11.9 Å². The zero-order valence-electron chi connectivity index (χ0n) is 11.1. The summed E-state index contributed by atoms with van der Waals surface area (Å²) < 4.78 is 5.05. The molecule has 0 fully saturated rings. The van der Waals surface area contributed by atoms with E-state index in [1.54, 1.807) is 7.11 Å². The maximum Gasteiger partial charge on any atom is 0.158 e. The molecule has 0 amide bonds. The first-order valence-corrected chi connectivity index (χ1v) is 5.90. The zero-order chi connectivity index (χ0) is 13.4. The number of rotatable bonds is 7. The lowest BCUT2D eigenvalue weighted by Gasteiger charge is -2.18. The SMILES string of the molecule is CCNc1cc(N(C)CCC#N)nc(COC)n1. The Morgan fingerprint density at radius 1 is 1.50 bits per heavy atom. The summed E-state index contributed by atoms with van der Waals surface area (Å²) in [7, 11) is 3.52. The standard InChI is InChI=1S/C12H19N5O/c1-4-14-10-8-12(17(2)7-5-6-13)16-11(15-10)9-18-3/h8H,4-5,7,9H2,1-3H3,(H,14,15,16). The third-order valence-electron chi connectivity index (χ3n) is 2.34. The Labute approximate surface area is 108 Å². The van der Waals surface area contributed by atoms with Crippen LogP contribution in [0.25, 0.3) is 0 Å². The van der Waals surface area contributed by atoms with Gasteiger partial charge in [0.05, 0.1) is 12.5 Å². The molecule has 0 aliphatic carbocycles. The average Bonchev–Trinajstić information content (AvgIpc) is 2.36. The van der Waals surface area contributed by atoms with Crippen molar-refractivity contribution in [2.75, 3.05) is 37.5 Å². The van der Waals surface area contributed by atoms with Crippen LogP contribution in [-0.4, -0.2) is 37.2 Å². The summed E-state index contributed by atoms with van der Waals surface area (Å²) in [5.41, 5.74) is 0. The second kappa shape index (κ2) is 7.45. The lowest BCUT2D eigenvalue weighted by molar-refractivity contribution is 0.178. The maximum atomic E-state index is 8.60. The summed E-state index contributed by atoms with van der Waals surface area (Å²) in [6.45, 7) is 3.83. The molecule has 0 atom stereocenters. The Balaban J connectivity index is 2.91. The van der Waals surface area contributed by atoms with Gasteiger partial charge in [-0.05, 0) is 6.92 Å². The fourth-order valence-corrected chi connectivity index (χ4v) is 1.48. The molecule has 0 saturated heterocycles. The molecule has 1 N–H and O–H groups in total. The van der Waals surface area contributed by atoms with E-state index in [4.69, 9.17) is 10.00 Å². The molecule has 0 spiro atoms. The molecule has 0 saturated carbocycles. The minimum absolute atomic E-state index is 0.373. The quantitative estimate of drug-likeness (QED) is 0.787. The number of nitrogens with one attached hydrogen (secondary N) is 1. The van der Waals surface area contributed by atoms with Gasteiger partial charge in [0.15, 0.2) is 5.82 Å². The lowest BCUT2D eigenvalue weighted by Crippen LogP contribution is -2.20. The molecular weight excluding hydrogens is 230 g/mol. The van der Waals surface area contributed by atoms with E-state index < -0.39 is 0 Å². The molecule has 0 unspecified atom stereocenters. The van der Waals surface area contributed by atoms with Crippen LogP contribution in [0.3, 0.4) is 0 Å². The zero-order valence-corrected chi connectivity index (χ0v) is 11.1. The largest absolute Gasteiger partial charge is 0.377 e. The summed E-state index contributed by atoms with van der Waals surface area (Å²) in [5.74, 6) is 2.20. The molecule has 0 aromatic carbocycles. The van der Waals surface area contributed by atoms with Crippen LogP contribution in [0.2, 0.25) is 0 Å². The van der Waals surface area contributed by atoms with Crippen LogP contribution in [0.1, 0.15) is 19.2 Å².